The number of non-ortho nitro benzene ring substituents is 1. The Balaban J connectivity index is 1.68. The zero-order valence-corrected chi connectivity index (χ0v) is 11.2. The summed E-state index contributed by atoms with van der Waals surface area (Å²) in [6, 6.07) is 4.15. The monoisotopic (exact) mass is 279 g/mol. The summed E-state index contributed by atoms with van der Waals surface area (Å²) in [6.07, 6.45) is 2.25. The van der Waals surface area contributed by atoms with Gasteiger partial charge < -0.3 is 5.73 Å². The van der Waals surface area contributed by atoms with Crippen LogP contribution in [0.15, 0.2) is 18.2 Å². The molecule has 2 aliphatic rings. The van der Waals surface area contributed by atoms with Crippen molar-refractivity contribution in [3.8, 4) is 0 Å². The molecule has 2 fully saturated rings. The van der Waals surface area contributed by atoms with Crippen LogP contribution in [0.2, 0.25) is 0 Å². The molecule has 20 heavy (non-hydrogen) atoms. The quantitative estimate of drug-likeness (QED) is 0.677. The van der Waals surface area contributed by atoms with Gasteiger partial charge in [0.1, 0.15) is 5.82 Å². The van der Waals surface area contributed by atoms with Crippen LogP contribution in [-0.2, 0) is 6.54 Å². The Morgan fingerprint density at radius 1 is 1.40 bits per heavy atom. The lowest BCUT2D eigenvalue weighted by Crippen LogP contribution is -2.30. The predicted octanol–water partition coefficient (Wildman–Crippen LogP) is 1.90. The minimum atomic E-state index is -0.577. The highest BCUT2D eigenvalue weighted by Crippen LogP contribution is 2.37. The second kappa shape index (κ2) is 5.10. The van der Waals surface area contributed by atoms with Crippen LogP contribution >= 0.6 is 0 Å². The summed E-state index contributed by atoms with van der Waals surface area (Å²) in [5.41, 5.74) is 6.40. The molecular weight excluding hydrogens is 261 g/mol. The lowest BCUT2D eigenvalue weighted by atomic mass is 9.98. The largest absolute Gasteiger partial charge is 0.327 e. The van der Waals surface area contributed by atoms with E-state index in [4.69, 9.17) is 5.73 Å². The van der Waals surface area contributed by atoms with E-state index in [1.165, 1.54) is 12.1 Å². The van der Waals surface area contributed by atoms with Crippen molar-refractivity contribution in [2.24, 2.45) is 17.6 Å². The van der Waals surface area contributed by atoms with E-state index in [0.717, 1.165) is 32.0 Å². The van der Waals surface area contributed by atoms with Crippen molar-refractivity contribution in [1.29, 1.82) is 0 Å². The molecule has 1 aromatic carbocycles. The molecule has 2 N–H and O–H groups in total. The average Bonchev–Trinajstić information content (AvgIpc) is 2.94. The first-order valence-electron chi connectivity index (χ1n) is 6.95. The van der Waals surface area contributed by atoms with Gasteiger partial charge in [-0.15, -0.1) is 0 Å². The molecule has 1 saturated carbocycles. The van der Waals surface area contributed by atoms with Crippen molar-refractivity contribution < 1.29 is 9.31 Å². The summed E-state index contributed by atoms with van der Waals surface area (Å²) in [6.45, 7) is 2.36. The van der Waals surface area contributed by atoms with Gasteiger partial charge in [0.05, 0.1) is 11.0 Å². The molecule has 0 bridgehead atoms. The van der Waals surface area contributed by atoms with Crippen LogP contribution in [0.5, 0.6) is 0 Å². The summed E-state index contributed by atoms with van der Waals surface area (Å²) in [5, 5.41) is 10.6. The maximum Gasteiger partial charge on any atom is 0.272 e. The SMILES string of the molecule is NC1CCC2CN(Cc3ccc([N+](=O)[O-])cc3F)CC12. The molecular formula is C14H18FN3O2. The van der Waals surface area contributed by atoms with E-state index in [9.17, 15) is 14.5 Å². The van der Waals surface area contributed by atoms with Gasteiger partial charge in [-0.25, -0.2) is 4.39 Å². The van der Waals surface area contributed by atoms with E-state index in [2.05, 4.69) is 4.90 Å². The van der Waals surface area contributed by atoms with Crippen molar-refractivity contribution in [1.82, 2.24) is 4.90 Å². The number of hydrogen-bond acceptors (Lipinski definition) is 4. The first-order valence-corrected chi connectivity index (χ1v) is 6.95. The first kappa shape index (κ1) is 13.5. The van der Waals surface area contributed by atoms with Gasteiger partial charge >= 0.3 is 0 Å². The van der Waals surface area contributed by atoms with E-state index < -0.39 is 10.7 Å². The number of rotatable bonds is 3. The minimum Gasteiger partial charge on any atom is -0.327 e. The highest BCUT2D eigenvalue weighted by molar-refractivity contribution is 5.34. The van der Waals surface area contributed by atoms with Gasteiger partial charge in [-0.2, -0.15) is 0 Å². The molecule has 1 heterocycles. The molecule has 0 radical (unpaired) electrons. The number of fused-ring (bicyclic) bond motifs is 1. The molecule has 5 nitrogen and oxygen atoms in total. The topological polar surface area (TPSA) is 72.4 Å². The molecule has 0 amide bonds. The average molecular weight is 279 g/mol. The van der Waals surface area contributed by atoms with Crippen molar-refractivity contribution in [2.75, 3.05) is 13.1 Å². The third-order valence-electron chi connectivity index (χ3n) is 4.63. The van der Waals surface area contributed by atoms with Crippen LogP contribution in [-0.4, -0.2) is 29.0 Å². The third kappa shape index (κ3) is 2.41. The smallest absolute Gasteiger partial charge is 0.272 e. The van der Waals surface area contributed by atoms with Crippen molar-refractivity contribution in [3.05, 3.63) is 39.7 Å². The molecule has 1 aliphatic carbocycles. The number of nitrogens with zero attached hydrogens (tertiary/aromatic N) is 2. The zero-order valence-electron chi connectivity index (χ0n) is 11.2. The Morgan fingerprint density at radius 3 is 2.85 bits per heavy atom. The molecule has 6 heteroatoms. The second-order valence-electron chi connectivity index (χ2n) is 5.89. The van der Waals surface area contributed by atoms with Crippen LogP contribution < -0.4 is 5.73 Å². The molecule has 1 aromatic rings. The Bertz CT molecular complexity index is 537. The zero-order chi connectivity index (χ0) is 14.3. The number of nitro benzene ring substituents is 1. The fraction of sp³-hybridized carbons (Fsp3) is 0.571. The molecule has 0 aromatic heterocycles. The molecule has 1 saturated heterocycles. The number of benzene rings is 1. The van der Waals surface area contributed by atoms with Crippen LogP contribution in [0.3, 0.4) is 0 Å². The Hall–Kier alpha value is -1.53. The van der Waals surface area contributed by atoms with Gasteiger partial charge in [0.25, 0.3) is 5.69 Å². The van der Waals surface area contributed by atoms with E-state index in [-0.39, 0.29) is 11.7 Å². The highest BCUT2D eigenvalue weighted by Gasteiger charge is 2.40. The van der Waals surface area contributed by atoms with Crippen LogP contribution in [0.25, 0.3) is 0 Å². The normalized spacial score (nSPS) is 29.6. The van der Waals surface area contributed by atoms with Crippen LogP contribution in [0.1, 0.15) is 18.4 Å². The van der Waals surface area contributed by atoms with Crippen LogP contribution in [0.4, 0.5) is 10.1 Å². The van der Waals surface area contributed by atoms with Crippen LogP contribution in [0, 0.1) is 27.8 Å². The number of likely N-dealkylation sites (tertiary alicyclic amines) is 1. The fourth-order valence-electron chi connectivity index (χ4n) is 3.55. The van der Waals surface area contributed by atoms with Crippen molar-refractivity contribution in [2.45, 2.75) is 25.4 Å². The summed E-state index contributed by atoms with van der Waals surface area (Å²) < 4.78 is 13.9. The maximum absolute atomic E-state index is 13.9. The lowest BCUT2D eigenvalue weighted by molar-refractivity contribution is -0.385. The molecule has 1 aliphatic heterocycles. The summed E-state index contributed by atoms with van der Waals surface area (Å²) in [7, 11) is 0. The number of halogens is 1. The Labute approximate surface area is 116 Å². The number of nitro groups is 1. The third-order valence-corrected chi connectivity index (χ3v) is 4.63. The van der Waals surface area contributed by atoms with Gasteiger partial charge in [0, 0.05) is 37.3 Å². The minimum absolute atomic E-state index is 0.202. The van der Waals surface area contributed by atoms with Gasteiger partial charge in [0.15, 0.2) is 0 Å². The Morgan fingerprint density at radius 2 is 2.20 bits per heavy atom. The molecule has 0 spiro atoms. The maximum atomic E-state index is 13.9. The van der Waals surface area contributed by atoms with E-state index >= 15 is 0 Å². The molecule has 3 rings (SSSR count). The van der Waals surface area contributed by atoms with Crippen molar-refractivity contribution >= 4 is 5.69 Å². The van der Waals surface area contributed by atoms with Gasteiger partial charge in [0.2, 0.25) is 0 Å². The predicted molar refractivity (Wildman–Crippen MR) is 72.5 cm³/mol. The summed E-state index contributed by atoms with van der Waals surface area (Å²) >= 11 is 0. The standard InChI is InChI=1S/C14H18FN3O2/c15-13-5-11(18(19)20)3-1-10(13)7-17-6-9-2-4-14(16)12(9)8-17/h1,3,5,9,12,14H,2,4,6-8,16H2. The van der Waals surface area contributed by atoms with Gasteiger partial charge in [-0.3, -0.25) is 15.0 Å². The first-order chi connectivity index (χ1) is 9.54. The number of hydrogen-bond donors (Lipinski definition) is 1. The highest BCUT2D eigenvalue weighted by atomic mass is 19.1. The second-order valence-corrected chi connectivity index (χ2v) is 5.89. The Kier molecular flexibility index (Phi) is 3.43. The summed E-state index contributed by atoms with van der Waals surface area (Å²) in [4.78, 5) is 12.2. The van der Waals surface area contributed by atoms with E-state index in [0.29, 0.717) is 23.9 Å². The van der Waals surface area contributed by atoms with Gasteiger partial charge in [-0.05, 0) is 30.7 Å². The van der Waals surface area contributed by atoms with E-state index in [1.54, 1.807) is 0 Å². The van der Waals surface area contributed by atoms with E-state index in [1.807, 2.05) is 0 Å². The lowest BCUT2D eigenvalue weighted by Gasteiger charge is -2.18. The summed E-state index contributed by atoms with van der Waals surface area (Å²) in [5.74, 6) is 0.655. The fourth-order valence-corrected chi connectivity index (χ4v) is 3.55. The number of nitrogens with two attached hydrogens (primary N) is 1. The molecule has 3 unspecified atom stereocenters. The van der Waals surface area contributed by atoms with Gasteiger partial charge in [-0.1, -0.05) is 0 Å². The van der Waals surface area contributed by atoms with Crippen molar-refractivity contribution in [3.63, 3.8) is 0 Å². The molecule has 108 valence electrons. The molecule has 3 atom stereocenters.